The second kappa shape index (κ2) is 7.97. The Hall–Kier alpha value is -3.08. The third kappa shape index (κ3) is 4.71. The number of carboxylic acid groups (broad SMARTS) is 1. The van der Waals surface area contributed by atoms with Crippen molar-refractivity contribution >= 4 is 17.8 Å². The minimum absolute atomic E-state index is 0.149. The molecule has 1 unspecified atom stereocenters. The predicted molar refractivity (Wildman–Crippen MR) is 90.5 cm³/mol. The van der Waals surface area contributed by atoms with Gasteiger partial charge in [0.2, 0.25) is 0 Å². The predicted octanol–water partition coefficient (Wildman–Crippen LogP) is 3.44. The zero-order valence-electron chi connectivity index (χ0n) is 13.4. The van der Waals surface area contributed by atoms with Gasteiger partial charge in [-0.2, -0.15) is 0 Å². The second-order valence-corrected chi connectivity index (χ2v) is 5.09. The average Bonchev–Trinajstić information content (AvgIpc) is 2.60. The molecule has 0 bridgehead atoms. The summed E-state index contributed by atoms with van der Waals surface area (Å²) in [5, 5.41) is 8.80. The standard InChI is InChI=1S/C19H18O5/c1-13(19(21)22)24-17-10-6-15(7-11-17)18(20)12-5-14-3-8-16(23-2)9-4-14/h3-13H,1-2H3,(H,21,22)/b12-5-. The van der Waals surface area contributed by atoms with Crippen molar-refractivity contribution in [3.63, 3.8) is 0 Å². The Morgan fingerprint density at radius 2 is 1.58 bits per heavy atom. The van der Waals surface area contributed by atoms with E-state index < -0.39 is 12.1 Å². The molecule has 2 aromatic rings. The highest BCUT2D eigenvalue weighted by atomic mass is 16.5. The van der Waals surface area contributed by atoms with Crippen LogP contribution in [0.5, 0.6) is 11.5 Å². The van der Waals surface area contributed by atoms with Crippen LogP contribution in [-0.4, -0.2) is 30.1 Å². The highest BCUT2D eigenvalue weighted by Gasteiger charge is 2.12. The SMILES string of the molecule is COc1ccc(/C=C\C(=O)c2ccc(OC(C)C(=O)O)cc2)cc1. The van der Waals surface area contributed by atoms with Crippen LogP contribution in [0.1, 0.15) is 22.8 Å². The molecule has 0 amide bonds. The van der Waals surface area contributed by atoms with Crippen molar-refractivity contribution in [1.82, 2.24) is 0 Å². The van der Waals surface area contributed by atoms with E-state index in [-0.39, 0.29) is 5.78 Å². The smallest absolute Gasteiger partial charge is 0.344 e. The second-order valence-electron chi connectivity index (χ2n) is 5.09. The Morgan fingerprint density at radius 3 is 2.12 bits per heavy atom. The van der Waals surface area contributed by atoms with Crippen LogP contribution < -0.4 is 9.47 Å². The highest BCUT2D eigenvalue weighted by Crippen LogP contribution is 2.16. The molecule has 2 rings (SSSR count). The number of allylic oxidation sites excluding steroid dienone is 1. The minimum atomic E-state index is -1.04. The number of aliphatic carboxylic acids is 1. The maximum Gasteiger partial charge on any atom is 0.344 e. The number of benzene rings is 2. The van der Waals surface area contributed by atoms with Crippen molar-refractivity contribution in [3.8, 4) is 11.5 Å². The number of carbonyl (C=O) groups excluding carboxylic acids is 1. The van der Waals surface area contributed by atoms with Crippen molar-refractivity contribution in [1.29, 1.82) is 0 Å². The fourth-order valence-electron chi connectivity index (χ4n) is 1.94. The Labute approximate surface area is 140 Å². The third-order valence-corrected chi connectivity index (χ3v) is 3.34. The largest absolute Gasteiger partial charge is 0.497 e. The van der Waals surface area contributed by atoms with Gasteiger partial charge in [0.1, 0.15) is 11.5 Å². The lowest BCUT2D eigenvalue weighted by Gasteiger charge is -2.10. The lowest BCUT2D eigenvalue weighted by Crippen LogP contribution is -2.22. The Bertz CT molecular complexity index is 729. The van der Waals surface area contributed by atoms with E-state index in [1.165, 1.54) is 13.0 Å². The number of hydrogen-bond acceptors (Lipinski definition) is 4. The molecular formula is C19H18O5. The van der Waals surface area contributed by atoms with Crippen LogP contribution in [0.25, 0.3) is 6.08 Å². The molecule has 5 heteroatoms. The van der Waals surface area contributed by atoms with E-state index in [2.05, 4.69) is 0 Å². The lowest BCUT2D eigenvalue weighted by atomic mass is 10.1. The summed E-state index contributed by atoms with van der Waals surface area (Å²) in [7, 11) is 1.60. The summed E-state index contributed by atoms with van der Waals surface area (Å²) in [6, 6.07) is 13.7. The molecule has 0 heterocycles. The van der Waals surface area contributed by atoms with Crippen molar-refractivity contribution in [2.45, 2.75) is 13.0 Å². The molecule has 0 radical (unpaired) electrons. The first-order chi connectivity index (χ1) is 11.5. The molecule has 0 aliphatic heterocycles. The fraction of sp³-hybridized carbons (Fsp3) is 0.158. The summed E-state index contributed by atoms with van der Waals surface area (Å²) >= 11 is 0. The number of carboxylic acids is 1. The van der Waals surface area contributed by atoms with Crippen LogP contribution in [0, 0.1) is 0 Å². The number of ether oxygens (including phenoxy) is 2. The summed E-state index contributed by atoms with van der Waals surface area (Å²) in [4.78, 5) is 22.9. The van der Waals surface area contributed by atoms with Gasteiger partial charge in [-0.15, -0.1) is 0 Å². The van der Waals surface area contributed by atoms with Crippen molar-refractivity contribution in [2.75, 3.05) is 7.11 Å². The van der Waals surface area contributed by atoms with Crippen molar-refractivity contribution in [3.05, 3.63) is 65.7 Å². The van der Waals surface area contributed by atoms with Crippen LogP contribution in [0.3, 0.4) is 0 Å². The summed E-state index contributed by atoms with van der Waals surface area (Å²) in [6.45, 7) is 1.44. The molecule has 0 aliphatic rings. The van der Waals surface area contributed by atoms with Crippen LogP contribution in [0.2, 0.25) is 0 Å². The van der Waals surface area contributed by atoms with Gasteiger partial charge in [0, 0.05) is 5.56 Å². The van der Waals surface area contributed by atoms with E-state index in [9.17, 15) is 9.59 Å². The number of hydrogen-bond donors (Lipinski definition) is 1. The first kappa shape index (κ1) is 17.3. The summed E-state index contributed by atoms with van der Waals surface area (Å²) in [5.41, 5.74) is 1.38. The summed E-state index contributed by atoms with van der Waals surface area (Å²) in [6.07, 6.45) is 2.26. The fourth-order valence-corrected chi connectivity index (χ4v) is 1.94. The molecule has 1 N–H and O–H groups in total. The van der Waals surface area contributed by atoms with Crippen LogP contribution in [0.15, 0.2) is 54.6 Å². The zero-order chi connectivity index (χ0) is 17.5. The quantitative estimate of drug-likeness (QED) is 0.623. The average molecular weight is 326 g/mol. The van der Waals surface area contributed by atoms with Gasteiger partial charge >= 0.3 is 5.97 Å². The highest BCUT2D eigenvalue weighted by molar-refractivity contribution is 6.06. The van der Waals surface area contributed by atoms with Gasteiger partial charge in [-0.1, -0.05) is 18.2 Å². The molecule has 0 saturated heterocycles. The molecule has 0 aliphatic carbocycles. The monoisotopic (exact) mass is 326 g/mol. The lowest BCUT2D eigenvalue weighted by molar-refractivity contribution is -0.144. The van der Waals surface area contributed by atoms with E-state index >= 15 is 0 Å². The maximum absolute atomic E-state index is 12.1. The van der Waals surface area contributed by atoms with Crippen LogP contribution in [-0.2, 0) is 4.79 Å². The van der Waals surface area contributed by atoms with Crippen LogP contribution >= 0.6 is 0 Å². The Kier molecular flexibility index (Phi) is 5.73. The van der Waals surface area contributed by atoms with Crippen LogP contribution in [0.4, 0.5) is 0 Å². The van der Waals surface area contributed by atoms with Gasteiger partial charge in [-0.25, -0.2) is 4.79 Å². The van der Waals surface area contributed by atoms with Gasteiger partial charge < -0.3 is 14.6 Å². The topological polar surface area (TPSA) is 72.8 Å². The number of methoxy groups -OCH3 is 1. The number of rotatable bonds is 7. The van der Waals surface area contributed by atoms with Gasteiger partial charge in [-0.05, 0) is 55.0 Å². The van der Waals surface area contributed by atoms with E-state index in [1.54, 1.807) is 37.5 Å². The zero-order valence-corrected chi connectivity index (χ0v) is 13.4. The molecule has 124 valence electrons. The van der Waals surface area contributed by atoms with Gasteiger partial charge in [0.05, 0.1) is 7.11 Å². The van der Waals surface area contributed by atoms with Crippen molar-refractivity contribution in [2.24, 2.45) is 0 Å². The molecule has 0 spiro atoms. The molecular weight excluding hydrogens is 308 g/mol. The van der Waals surface area contributed by atoms with Crippen molar-refractivity contribution < 1.29 is 24.2 Å². The summed E-state index contributed by atoms with van der Waals surface area (Å²) < 4.78 is 10.3. The van der Waals surface area contributed by atoms with Gasteiger partial charge in [0.15, 0.2) is 11.9 Å². The molecule has 0 fully saturated rings. The van der Waals surface area contributed by atoms with E-state index in [1.807, 2.05) is 24.3 Å². The van der Waals surface area contributed by atoms with Gasteiger partial charge in [-0.3, -0.25) is 4.79 Å². The van der Waals surface area contributed by atoms with E-state index in [0.29, 0.717) is 11.3 Å². The normalized spacial score (nSPS) is 11.9. The molecule has 2 aromatic carbocycles. The first-order valence-corrected chi connectivity index (χ1v) is 7.35. The minimum Gasteiger partial charge on any atom is -0.497 e. The summed E-state index contributed by atoms with van der Waals surface area (Å²) in [5.74, 6) is -0.0357. The van der Waals surface area contributed by atoms with E-state index in [0.717, 1.165) is 11.3 Å². The molecule has 24 heavy (non-hydrogen) atoms. The van der Waals surface area contributed by atoms with E-state index in [4.69, 9.17) is 14.6 Å². The molecule has 1 atom stereocenters. The maximum atomic E-state index is 12.1. The number of carbonyl (C=O) groups is 2. The first-order valence-electron chi connectivity index (χ1n) is 7.35. The molecule has 5 nitrogen and oxygen atoms in total. The third-order valence-electron chi connectivity index (χ3n) is 3.34. The number of ketones is 1. The Morgan fingerprint density at radius 1 is 1.00 bits per heavy atom. The molecule has 0 saturated carbocycles. The van der Waals surface area contributed by atoms with Gasteiger partial charge in [0.25, 0.3) is 0 Å². The molecule has 0 aromatic heterocycles. The Balaban J connectivity index is 2.01.